The fourth-order valence-corrected chi connectivity index (χ4v) is 7.36. The third-order valence-corrected chi connectivity index (χ3v) is 9.26. The average molecular weight is 565 g/mol. The number of fused-ring (bicyclic) bond motifs is 6. The van der Waals surface area contributed by atoms with Gasteiger partial charge in [-0.1, -0.05) is 75.4 Å². The molecule has 1 saturated heterocycles. The number of hydrogen-bond donors (Lipinski definition) is 0. The van der Waals surface area contributed by atoms with Crippen LogP contribution in [0.1, 0.15) is 63.1 Å². The summed E-state index contributed by atoms with van der Waals surface area (Å²) in [7, 11) is 0. The lowest BCUT2D eigenvalue weighted by molar-refractivity contribution is -0.407. The highest BCUT2D eigenvalue weighted by Crippen LogP contribution is 2.50. The third kappa shape index (κ3) is 4.40. The molecular weight excluding hydrogens is 528 g/mol. The van der Waals surface area contributed by atoms with Crippen molar-refractivity contribution in [3.63, 3.8) is 0 Å². The van der Waals surface area contributed by atoms with Crippen molar-refractivity contribution in [3.8, 4) is 11.5 Å². The van der Waals surface area contributed by atoms with Gasteiger partial charge in [0.2, 0.25) is 0 Å². The van der Waals surface area contributed by atoms with Crippen LogP contribution < -0.4 is 9.47 Å². The molecule has 3 aliphatic heterocycles. The zero-order valence-electron chi connectivity index (χ0n) is 24.5. The molecule has 42 heavy (non-hydrogen) atoms. The van der Waals surface area contributed by atoms with Gasteiger partial charge in [0, 0.05) is 11.1 Å². The van der Waals surface area contributed by atoms with Crippen LogP contribution in [0.25, 0.3) is 21.5 Å². The number of carbonyl (C=O) groups is 2. The van der Waals surface area contributed by atoms with Gasteiger partial charge >= 0.3 is 11.9 Å². The predicted octanol–water partition coefficient (Wildman–Crippen LogP) is 7.48. The minimum Gasteiger partial charge on any atom is -0.426 e. The Morgan fingerprint density at radius 3 is 2.29 bits per heavy atom. The Morgan fingerprint density at radius 1 is 0.833 bits per heavy atom. The molecule has 0 aromatic heterocycles. The van der Waals surface area contributed by atoms with Crippen LogP contribution in [0.2, 0.25) is 0 Å². The number of benzene rings is 4. The van der Waals surface area contributed by atoms with Crippen molar-refractivity contribution in [2.75, 3.05) is 0 Å². The van der Waals surface area contributed by atoms with Crippen molar-refractivity contribution in [2.45, 2.75) is 71.9 Å². The second-order valence-electron chi connectivity index (χ2n) is 12.7. The van der Waals surface area contributed by atoms with E-state index in [9.17, 15) is 9.59 Å². The highest BCUT2D eigenvalue weighted by molar-refractivity contribution is 5.95. The van der Waals surface area contributed by atoms with Gasteiger partial charge in [0.05, 0.1) is 5.92 Å². The van der Waals surface area contributed by atoms with Gasteiger partial charge in [-0.3, -0.25) is 9.59 Å². The Kier molecular flexibility index (Phi) is 6.59. The van der Waals surface area contributed by atoms with E-state index in [2.05, 4.69) is 45.0 Å². The summed E-state index contributed by atoms with van der Waals surface area (Å²) in [6, 6.07) is 22.5. The zero-order chi connectivity index (χ0) is 29.2. The summed E-state index contributed by atoms with van der Waals surface area (Å²) in [6.45, 7) is 8.19. The Bertz CT molecular complexity index is 1720. The molecule has 0 N–H and O–H groups in total. The van der Waals surface area contributed by atoms with Crippen LogP contribution in [0, 0.1) is 17.3 Å². The first-order valence-electron chi connectivity index (χ1n) is 15.0. The molecule has 4 aromatic rings. The summed E-state index contributed by atoms with van der Waals surface area (Å²) >= 11 is 0. The lowest BCUT2D eigenvalue weighted by Crippen LogP contribution is -2.58. The zero-order valence-corrected chi connectivity index (χ0v) is 24.5. The lowest BCUT2D eigenvalue weighted by Gasteiger charge is -2.48. The summed E-state index contributed by atoms with van der Waals surface area (Å²) in [5.41, 5.74) is 2.26. The molecule has 7 rings (SSSR count). The fourth-order valence-electron chi connectivity index (χ4n) is 7.36. The molecule has 6 nitrogen and oxygen atoms in total. The predicted molar refractivity (Wildman–Crippen MR) is 160 cm³/mol. The molecule has 3 unspecified atom stereocenters. The molecule has 3 aliphatic rings. The minimum atomic E-state index is -0.897. The van der Waals surface area contributed by atoms with Crippen LogP contribution in [-0.4, -0.2) is 24.5 Å². The van der Waals surface area contributed by atoms with E-state index in [1.165, 1.54) is 0 Å². The second kappa shape index (κ2) is 10.2. The number of hydrogen-bond acceptors (Lipinski definition) is 6. The van der Waals surface area contributed by atoms with Crippen LogP contribution in [0.5, 0.6) is 11.5 Å². The number of rotatable bonds is 6. The van der Waals surface area contributed by atoms with Gasteiger partial charge in [-0.2, -0.15) is 0 Å². The number of esters is 2. The van der Waals surface area contributed by atoms with E-state index in [1.807, 2.05) is 49.4 Å². The van der Waals surface area contributed by atoms with E-state index in [4.69, 9.17) is 18.9 Å². The van der Waals surface area contributed by atoms with Gasteiger partial charge in [0.1, 0.15) is 16.9 Å². The standard InChI is InChI=1S/C36H36O6/c1-20(2)18-36(35-39-22(4)40-35)19-30-27-12-8-7-11-26(27)28(17-32(30)42-34(36)38)21(3)15-24-16-29-25-10-6-5-9-23(25)13-14-31(29)41-33(24)37/h5-14,17,20-22,24,35H,15-16,18-19H2,1-4H3. The SMILES string of the molecule is CC(C)CC1(C2OC(C)O2)Cc2c(cc(C(C)CC3Cc4c(ccc5ccccc45)OC3=O)c3ccccc23)OC1=O. The fraction of sp³-hybridized carbons (Fsp3) is 0.389. The van der Waals surface area contributed by atoms with Crippen molar-refractivity contribution < 1.29 is 28.5 Å². The van der Waals surface area contributed by atoms with Crippen LogP contribution in [-0.2, 0) is 31.9 Å². The maximum atomic E-state index is 13.7. The van der Waals surface area contributed by atoms with Gasteiger partial charge in [-0.05, 0) is 83.7 Å². The highest BCUT2D eigenvalue weighted by atomic mass is 16.9. The van der Waals surface area contributed by atoms with Crippen LogP contribution >= 0.6 is 0 Å². The van der Waals surface area contributed by atoms with Gasteiger partial charge in [0.15, 0.2) is 12.6 Å². The smallest absolute Gasteiger partial charge is 0.323 e. The molecule has 3 atom stereocenters. The monoisotopic (exact) mass is 564 g/mol. The molecule has 0 amide bonds. The van der Waals surface area contributed by atoms with Crippen molar-refractivity contribution in [3.05, 3.63) is 83.4 Å². The Labute approximate surface area is 245 Å². The quantitative estimate of drug-likeness (QED) is 0.179. The summed E-state index contributed by atoms with van der Waals surface area (Å²) in [5, 5.41) is 4.44. The first-order valence-corrected chi connectivity index (χ1v) is 15.0. The summed E-state index contributed by atoms with van der Waals surface area (Å²) in [4.78, 5) is 26.9. The number of ether oxygens (including phenoxy) is 4. The summed E-state index contributed by atoms with van der Waals surface area (Å²) in [6.07, 6.45) is 1.40. The summed E-state index contributed by atoms with van der Waals surface area (Å²) < 4.78 is 23.8. The largest absolute Gasteiger partial charge is 0.426 e. The topological polar surface area (TPSA) is 71.1 Å². The Balaban J connectivity index is 1.23. The van der Waals surface area contributed by atoms with Crippen LogP contribution in [0.4, 0.5) is 0 Å². The van der Waals surface area contributed by atoms with Gasteiger partial charge < -0.3 is 18.9 Å². The molecule has 4 aromatic carbocycles. The maximum absolute atomic E-state index is 13.7. The molecule has 3 heterocycles. The average Bonchev–Trinajstić information content (AvgIpc) is 2.96. The van der Waals surface area contributed by atoms with E-state index in [0.717, 1.165) is 38.2 Å². The molecule has 0 aliphatic carbocycles. The highest BCUT2D eigenvalue weighted by Gasteiger charge is 2.56. The van der Waals surface area contributed by atoms with E-state index < -0.39 is 11.7 Å². The third-order valence-electron chi connectivity index (χ3n) is 9.26. The van der Waals surface area contributed by atoms with Crippen LogP contribution in [0.3, 0.4) is 0 Å². The van der Waals surface area contributed by atoms with Crippen molar-refractivity contribution in [1.82, 2.24) is 0 Å². The van der Waals surface area contributed by atoms with Gasteiger partial charge in [-0.25, -0.2) is 0 Å². The number of carbonyl (C=O) groups excluding carboxylic acids is 2. The van der Waals surface area contributed by atoms with Gasteiger partial charge in [-0.15, -0.1) is 0 Å². The molecule has 0 spiro atoms. The van der Waals surface area contributed by atoms with E-state index in [0.29, 0.717) is 37.2 Å². The molecule has 0 radical (unpaired) electrons. The molecule has 216 valence electrons. The van der Waals surface area contributed by atoms with E-state index in [1.54, 1.807) is 0 Å². The molecule has 1 fully saturated rings. The first kappa shape index (κ1) is 27.1. The van der Waals surface area contributed by atoms with Gasteiger partial charge in [0.25, 0.3) is 0 Å². The first-order chi connectivity index (χ1) is 20.2. The molecule has 6 heteroatoms. The van der Waals surface area contributed by atoms with Crippen molar-refractivity contribution >= 4 is 33.5 Å². The van der Waals surface area contributed by atoms with Crippen LogP contribution in [0.15, 0.2) is 66.7 Å². The molecule has 0 bridgehead atoms. The molecular formula is C36H36O6. The lowest BCUT2D eigenvalue weighted by atomic mass is 9.71. The maximum Gasteiger partial charge on any atom is 0.323 e. The van der Waals surface area contributed by atoms with E-state index >= 15 is 0 Å². The second-order valence-corrected chi connectivity index (χ2v) is 12.7. The normalized spacial score (nSPS) is 25.9. The minimum absolute atomic E-state index is 0.0227. The Hall–Kier alpha value is -3.74. The molecule has 0 saturated carbocycles. The van der Waals surface area contributed by atoms with Crippen molar-refractivity contribution in [1.29, 1.82) is 0 Å². The van der Waals surface area contributed by atoms with E-state index in [-0.39, 0.29) is 36.0 Å². The summed E-state index contributed by atoms with van der Waals surface area (Å²) in [5.74, 6) is 0.770. The van der Waals surface area contributed by atoms with Crippen molar-refractivity contribution in [2.24, 2.45) is 17.3 Å². The Morgan fingerprint density at radius 2 is 1.55 bits per heavy atom.